The first kappa shape index (κ1) is 17.2. The van der Waals surface area contributed by atoms with Crippen molar-refractivity contribution in [3.63, 3.8) is 0 Å². The van der Waals surface area contributed by atoms with Crippen LogP contribution in [0.5, 0.6) is 0 Å². The molecule has 0 spiro atoms. The fourth-order valence-corrected chi connectivity index (χ4v) is 3.20. The predicted molar refractivity (Wildman–Crippen MR) is 97.4 cm³/mol. The van der Waals surface area contributed by atoms with E-state index in [2.05, 4.69) is 31.6 Å². The fourth-order valence-electron chi connectivity index (χ4n) is 3.20. The SMILES string of the molecule is C1=C(CCNc2cc(NCCN3CCOCC3)ncn2)CCCC1. The summed E-state index contributed by atoms with van der Waals surface area (Å²) >= 11 is 0. The minimum absolute atomic E-state index is 0.845. The number of rotatable bonds is 8. The van der Waals surface area contributed by atoms with Crippen molar-refractivity contribution in [3.8, 4) is 0 Å². The van der Waals surface area contributed by atoms with E-state index in [1.54, 1.807) is 11.9 Å². The number of aromatic nitrogens is 2. The average Bonchev–Trinajstić information content (AvgIpc) is 2.64. The number of hydrogen-bond acceptors (Lipinski definition) is 6. The molecule has 0 unspecified atom stereocenters. The van der Waals surface area contributed by atoms with E-state index in [-0.39, 0.29) is 0 Å². The van der Waals surface area contributed by atoms with Crippen LogP contribution in [0.25, 0.3) is 0 Å². The van der Waals surface area contributed by atoms with Crippen molar-refractivity contribution in [1.29, 1.82) is 0 Å². The molecule has 24 heavy (non-hydrogen) atoms. The Labute approximate surface area is 144 Å². The Bertz CT molecular complexity index is 528. The topological polar surface area (TPSA) is 62.3 Å². The highest BCUT2D eigenvalue weighted by atomic mass is 16.5. The Kier molecular flexibility index (Phi) is 6.86. The Morgan fingerprint density at radius 3 is 2.58 bits per heavy atom. The third kappa shape index (κ3) is 5.76. The van der Waals surface area contributed by atoms with Gasteiger partial charge in [0.25, 0.3) is 0 Å². The van der Waals surface area contributed by atoms with E-state index in [4.69, 9.17) is 4.74 Å². The maximum Gasteiger partial charge on any atom is 0.131 e. The standard InChI is InChI=1S/C18H29N5O/c1-2-4-16(5-3-1)6-7-19-17-14-18(22-15-21-17)20-8-9-23-10-12-24-13-11-23/h4,14-15H,1-3,5-13H2,(H2,19,20,21,22). The lowest BCUT2D eigenvalue weighted by atomic mass is 9.97. The number of ether oxygens (including phenoxy) is 1. The van der Waals surface area contributed by atoms with Crippen LogP contribution in [0.3, 0.4) is 0 Å². The van der Waals surface area contributed by atoms with E-state index in [0.29, 0.717) is 0 Å². The van der Waals surface area contributed by atoms with Crippen molar-refractivity contribution in [1.82, 2.24) is 14.9 Å². The van der Waals surface area contributed by atoms with Crippen molar-refractivity contribution < 1.29 is 4.74 Å². The van der Waals surface area contributed by atoms with E-state index >= 15 is 0 Å². The summed E-state index contributed by atoms with van der Waals surface area (Å²) in [4.78, 5) is 11.0. The van der Waals surface area contributed by atoms with Gasteiger partial charge in [0.05, 0.1) is 13.2 Å². The zero-order valence-corrected chi connectivity index (χ0v) is 14.5. The molecule has 0 bridgehead atoms. The van der Waals surface area contributed by atoms with Crippen molar-refractivity contribution in [3.05, 3.63) is 24.0 Å². The van der Waals surface area contributed by atoms with E-state index in [0.717, 1.165) is 64.0 Å². The average molecular weight is 331 g/mol. The molecule has 0 saturated carbocycles. The summed E-state index contributed by atoms with van der Waals surface area (Å²) in [7, 11) is 0. The summed E-state index contributed by atoms with van der Waals surface area (Å²) in [6, 6.07) is 1.99. The van der Waals surface area contributed by atoms with Crippen LogP contribution in [-0.2, 0) is 4.74 Å². The summed E-state index contributed by atoms with van der Waals surface area (Å²) in [6.45, 7) is 6.59. The van der Waals surface area contributed by atoms with Gasteiger partial charge in [-0.1, -0.05) is 11.6 Å². The molecule has 0 radical (unpaired) electrons. The fraction of sp³-hybridized carbons (Fsp3) is 0.667. The highest BCUT2D eigenvalue weighted by molar-refractivity contribution is 5.46. The molecule has 1 aliphatic carbocycles. The lowest BCUT2D eigenvalue weighted by Crippen LogP contribution is -2.39. The molecule has 0 aromatic carbocycles. The van der Waals surface area contributed by atoms with Crippen LogP contribution in [0, 0.1) is 0 Å². The Balaban J connectivity index is 1.37. The van der Waals surface area contributed by atoms with Gasteiger partial charge in [-0.3, -0.25) is 4.90 Å². The summed E-state index contributed by atoms with van der Waals surface area (Å²) < 4.78 is 5.37. The molecule has 1 fully saturated rings. The van der Waals surface area contributed by atoms with E-state index in [1.165, 1.54) is 25.7 Å². The first-order chi connectivity index (χ1) is 11.9. The molecule has 6 heteroatoms. The van der Waals surface area contributed by atoms with Crippen LogP contribution < -0.4 is 10.6 Å². The third-order valence-electron chi connectivity index (χ3n) is 4.64. The van der Waals surface area contributed by atoms with Gasteiger partial charge in [-0.2, -0.15) is 0 Å². The van der Waals surface area contributed by atoms with E-state index in [9.17, 15) is 0 Å². The largest absolute Gasteiger partial charge is 0.379 e. The number of anilines is 2. The highest BCUT2D eigenvalue weighted by Gasteiger charge is 2.09. The second kappa shape index (κ2) is 9.59. The molecule has 2 N–H and O–H groups in total. The van der Waals surface area contributed by atoms with Gasteiger partial charge in [0, 0.05) is 38.8 Å². The Morgan fingerprint density at radius 1 is 1.04 bits per heavy atom. The van der Waals surface area contributed by atoms with Crippen LogP contribution in [0.15, 0.2) is 24.0 Å². The third-order valence-corrected chi connectivity index (χ3v) is 4.64. The molecule has 0 amide bonds. The maximum atomic E-state index is 5.37. The van der Waals surface area contributed by atoms with Gasteiger partial charge >= 0.3 is 0 Å². The molecule has 6 nitrogen and oxygen atoms in total. The Morgan fingerprint density at radius 2 is 1.83 bits per heavy atom. The molecule has 1 aromatic heterocycles. The predicted octanol–water partition coefficient (Wildman–Crippen LogP) is 2.52. The smallest absolute Gasteiger partial charge is 0.131 e. The number of nitrogens with one attached hydrogen (secondary N) is 2. The van der Waals surface area contributed by atoms with Crippen molar-refractivity contribution in [2.45, 2.75) is 32.1 Å². The maximum absolute atomic E-state index is 5.37. The van der Waals surface area contributed by atoms with Crippen molar-refractivity contribution in [2.75, 3.05) is 56.6 Å². The first-order valence-electron chi connectivity index (χ1n) is 9.18. The zero-order chi connectivity index (χ0) is 16.5. The summed E-state index contributed by atoms with van der Waals surface area (Å²) in [5, 5.41) is 6.80. The van der Waals surface area contributed by atoms with Crippen LogP contribution in [0.2, 0.25) is 0 Å². The van der Waals surface area contributed by atoms with Gasteiger partial charge in [-0.05, 0) is 32.1 Å². The van der Waals surface area contributed by atoms with Crippen LogP contribution >= 0.6 is 0 Å². The normalized spacial score (nSPS) is 18.9. The van der Waals surface area contributed by atoms with Crippen LogP contribution in [0.1, 0.15) is 32.1 Å². The number of hydrogen-bond donors (Lipinski definition) is 2. The monoisotopic (exact) mass is 331 g/mol. The van der Waals surface area contributed by atoms with E-state index < -0.39 is 0 Å². The van der Waals surface area contributed by atoms with Crippen LogP contribution in [-0.4, -0.2) is 60.8 Å². The molecular weight excluding hydrogens is 302 g/mol. The molecule has 1 saturated heterocycles. The molecule has 1 aliphatic heterocycles. The van der Waals surface area contributed by atoms with Crippen LogP contribution in [0.4, 0.5) is 11.6 Å². The van der Waals surface area contributed by atoms with Gasteiger partial charge in [0.15, 0.2) is 0 Å². The molecule has 2 aliphatic rings. The first-order valence-corrected chi connectivity index (χ1v) is 9.18. The molecule has 3 rings (SSSR count). The number of nitrogens with zero attached hydrogens (tertiary/aromatic N) is 3. The van der Waals surface area contributed by atoms with Gasteiger partial charge < -0.3 is 15.4 Å². The van der Waals surface area contributed by atoms with Gasteiger partial charge in [-0.15, -0.1) is 0 Å². The molecule has 1 aromatic rings. The number of allylic oxidation sites excluding steroid dienone is 1. The summed E-state index contributed by atoms with van der Waals surface area (Å²) in [6.07, 6.45) is 10.4. The zero-order valence-electron chi connectivity index (χ0n) is 14.5. The molecule has 132 valence electrons. The van der Waals surface area contributed by atoms with E-state index in [1.807, 2.05) is 6.07 Å². The lowest BCUT2D eigenvalue weighted by molar-refractivity contribution is 0.0398. The summed E-state index contributed by atoms with van der Waals surface area (Å²) in [5.74, 6) is 1.79. The molecule has 0 atom stereocenters. The van der Waals surface area contributed by atoms with Crippen molar-refractivity contribution >= 4 is 11.6 Å². The Hall–Kier alpha value is -1.66. The second-order valence-electron chi connectivity index (χ2n) is 6.45. The molecule has 2 heterocycles. The number of morpholine rings is 1. The minimum Gasteiger partial charge on any atom is -0.379 e. The quantitative estimate of drug-likeness (QED) is 0.714. The highest BCUT2D eigenvalue weighted by Crippen LogP contribution is 2.20. The van der Waals surface area contributed by atoms with Crippen molar-refractivity contribution in [2.24, 2.45) is 0 Å². The van der Waals surface area contributed by atoms with Gasteiger partial charge in [0.2, 0.25) is 0 Å². The molecular formula is C18H29N5O. The van der Waals surface area contributed by atoms with Gasteiger partial charge in [-0.25, -0.2) is 9.97 Å². The summed E-state index contributed by atoms with van der Waals surface area (Å²) in [5.41, 5.74) is 1.59. The second-order valence-corrected chi connectivity index (χ2v) is 6.45. The minimum atomic E-state index is 0.845. The van der Waals surface area contributed by atoms with Gasteiger partial charge in [0.1, 0.15) is 18.0 Å². The lowest BCUT2D eigenvalue weighted by Gasteiger charge is -2.26.